The highest BCUT2D eigenvalue weighted by Gasteiger charge is 2.30. The van der Waals surface area contributed by atoms with Crippen LogP contribution in [-0.2, 0) is 19.2 Å². The largest absolute Gasteiger partial charge is 0.480 e. The van der Waals surface area contributed by atoms with Crippen molar-refractivity contribution in [2.45, 2.75) is 58.3 Å². The van der Waals surface area contributed by atoms with Gasteiger partial charge in [-0.15, -0.1) is 0 Å². The predicted octanol–water partition coefficient (Wildman–Crippen LogP) is -2.46. The van der Waals surface area contributed by atoms with E-state index in [2.05, 4.69) is 10.6 Å². The number of aliphatic hydroxyl groups excluding tert-OH is 2. The minimum atomic E-state index is -1.58. The molecule has 0 aliphatic rings. The highest BCUT2D eigenvalue weighted by atomic mass is 16.4. The molecule has 11 nitrogen and oxygen atoms in total. The zero-order chi connectivity index (χ0) is 22.0. The van der Waals surface area contributed by atoms with E-state index in [9.17, 15) is 24.3 Å². The molecule has 0 aliphatic carbocycles. The predicted molar refractivity (Wildman–Crippen MR) is 99.9 cm³/mol. The molecule has 0 spiro atoms. The van der Waals surface area contributed by atoms with Crippen LogP contribution in [0.2, 0.25) is 0 Å². The fourth-order valence-corrected chi connectivity index (χ4v) is 2.20. The number of rotatable bonds is 12. The molecule has 0 bridgehead atoms. The first-order valence-electron chi connectivity index (χ1n) is 9.05. The molecular formula is C17H32N4O7. The van der Waals surface area contributed by atoms with Crippen molar-refractivity contribution in [1.82, 2.24) is 16.0 Å². The Morgan fingerprint density at radius 1 is 0.786 bits per heavy atom. The molecule has 0 rings (SSSR count). The maximum Gasteiger partial charge on any atom is 0.328 e. The molecule has 0 heterocycles. The van der Waals surface area contributed by atoms with Gasteiger partial charge in [-0.2, -0.15) is 0 Å². The van der Waals surface area contributed by atoms with Gasteiger partial charge in [-0.3, -0.25) is 14.4 Å². The molecule has 0 saturated heterocycles. The average Bonchev–Trinajstić information content (AvgIpc) is 2.61. The Hall–Kier alpha value is -2.24. The van der Waals surface area contributed by atoms with E-state index < -0.39 is 61.1 Å². The lowest BCUT2D eigenvalue weighted by molar-refractivity contribution is -0.143. The molecule has 0 aromatic carbocycles. The van der Waals surface area contributed by atoms with Gasteiger partial charge >= 0.3 is 5.97 Å². The minimum absolute atomic E-state index is 0.0264. The number of carbonyl (C=O) groups is 4. The van der Waals surface area contributed by atoms with Gasteiger partial charge in [0.25, 0.3) is 0 Å². The number of carboxylic acids is 1. The summed E-state index contributed by atoms with van der Waals surface area (Å²) in [7, 11) is 0. The number of aliphatic hydroxyl groups is 2. The molecule has 8 N–H and O–H groups in total. The van der Waals surface area contributed by atoms with E-state index in [4.69, 9.17) is 15.9 Å². The van der Waals surface area contributed by atoms with Crippen LogP contribution in [0.15, 0.2) is 0 Å². The number of hydrogen-bond acceptors (Lipinski definition) is 7. The van der Waals surface area contributed by atoms with Crippen LogP contribution in [-0.4, -0.2) is 76.4 Å². The molecule has 4 atom stereocenters. The van der Waals surface area contributed by atoms with E-state index in [1.807, 2.05) is 19.2 Å². The van der Waals surface area contributed by atoms with Crippen molar-refractivity contribution in [3.63, 3.8) is 0 Å². The third-order valence-corrected chi connectivity index (χ3v) is 3.97. The quantitative estimate of drug-likeness (QED) is 0.186. The molecular weight excluding hydrogens is 372 g/mol. The Morgan fingerprint density at radius 2 is 1.21 bits per heavy atom. The second kappa shape index (κ2) is 12.3. The van der Waals surface area contributed by atoms with Crippen LogP contribution in [0, 0.1) is 11.8 Å². The Bertz CT molecular complexity index is 554. The Labute approximate surface area is 164 Å². The number of nitrogens with one attached hydrogen (secondary N) is 3. The summed E-state index contributed by atoms with van der Waals surface area (Å²) in [5.74, 6) is -3.81. The van der Waals surface area contributed by atoms with Crippen molar-refractivity contribution in [3.8, 4) is 0 Å². The minimum Gasteiger partial charge on any atom is -0.480 e. The van der Waals surface area contributed by atoms with E-state index in [1.165, 1.54) is 0 Å². The molecule has 3 amide bonds. The van der Waals surface area contributed by atoms with Crippen LogP contribution in [0.4, 0.5) is 0 Å². The van der Waals surface area contributed by atoms with E-state index in [-0.39, 0.29) is 18.3 Å². The SMILES string of the molecule is CC(C)CC(NC(=O)C(N)C(C)C)C(=O)NC(CO)C(=O)NC(CO)C(=O)O. The lowest BCUT2D eigenvalue weighted by atomic mass is 10.0. The maximum atomic E-state index is 12.5. The van der Waals surface area contributed by atoms with Crippen LogP contribution >= 0.6 is 0 Å². The smallest absolute Gasteiger partial charge is 0.328 e. The van der Waals surface area contributed by atoms with Crippen molar-refractivity contribution < 1.29 is 34.5 Å². The molecule has 0 aliphatic heterocycles. The molecule has 0 saturated carbocycles. The number of amides is 3. The van der Waals surface area contributed by atoms with Crippen molar-refractivity contribution >= 4 is 23.7 Å². The fraction of sp³-hybridized carbons (Fsp3) is 0.765. The molecule has 0 fully saturated rings. The summed E-state index contributed by atoms with van der Waals surface area (Å²) < 4.78 is 0. The lowest BCUT2D eigenvalue weighted by Gasteiger charge is -2.25. The average molecular weight is 404 g/mol. The number of hydrogen-bond donors (Lipinski definition) is 7. The summed E-state index contributed by atoms with van der Waals surface area (Å²) in [6.45, 7) is 5.53. The van der Waals surface area contributed by atoms with Crippen LogP contribution in [0.5, 0.6) is 0 Å². The summed E-state index contributed by atoms with van der Waals surface area (Å²) >= 11 is 0. The molecule has 11 heteroatoms. The molecule has 0 aromatic rings. The monoisotopic (exact) mass is 404 g/mol. The first-order chi connectivity index (χ1) is 12.9. The molecule has 28 heavy (non-hydrogen) atoms. The van der Waals surface area contributed by atoms with Gasteiger partial charge in [0.05, 0.1) is 19.3 Å². The Morgan fingerprint density at radius 3 is 1.61 bits per heavy atom. The van der Waals surface area contributed by atoms with E-state index in [1.54, 1.807) is 13.8 Å². The first kappa shape index (κ1) is 25.8. The van der Waals surface area contributed by atoms with E-state index in [0.29, 0.717) is 0 Å². The van der Waals surface area contributed by atoms with Gasteiger partial charge in [-0.05, 0) is 18.3 Å². The third kappa shape index (κ3) is 8.63. The summed E-state index contributed by atoms with van der Waals surface area (Å²) in [5.41, 5.74) is 5.79. The second-order valence-corrected chi connectivity index (χ2v) is 7.29. The molecule has 0 radical (unpaired) electrons. The standard InChI is InChI=1S/C17H32N4O7/c1-8(2)5-10(19-16(26)13(18)9(3)4)14(24)20-11(6-22)15(25)21-12(7-23)17(27)28/h8-13,22-23H,5-7,18H2,1-4H3,(H,19,26)(H,20,24)(H,21,25)(H,27,28). The zero-order valence-electron chi connectivity index (χ0n) is 16.6. The number of carboxylic acid groups (broad SMARTS) is 1. The summed E-state index contributed by atoms with van der Waals surface area (Å²) in [6, 6.07) is -4.84. The highest BCUT2D eigenvalue weighted by molar-refractivity contribution is 5.94. The van der Waals surface area contributed by atoms with E-state index in [0.717, 1.165) is 0 Å². The topological polar surface area (TPSA) is 191 Å². The molecule has 0 aromatic heterocycles. The zero-order valence-corrected chi connectivity index (χ0v) is 16.6. The van der Waals surface area contributed by atoms with Crippen LogP contribution < -0.4 is 21.7 Å². The van der Waals surface area contributed by atoms with Gasteiger partial charge < -0.3 is 37.0 Å². The molecule has 162 valence electrons. The summed E-state index contributed by atoms with van der Waals surface area (Å²) in [6.07, 6.45) is 0.260. The van der Waals surface area contributed by atoms with Crippen LogP contribution in [0.1, 0.15) is 34.1 Å². The van der Waals surface area contributed by atoms with E-state index >= 15 is 0 Å². The highest BCUT2D eigenvalue weighted by Crippen LogP contribution is 2.07. The maximum absolute atomic E-state index is 12.5. The van der Waals surface area contributed by atoms with Gasteiger partial charge in [0.2, 0.25) is 17.7 Å². The van der Waals surface area contributed by atoms with Crippen LogP contribution in [0.3, 0.4) is 0 Å². The lowest BCUT2D eigenvalue weighted by Crippen LogP contribution is -2.59. The molecule has 4 unspecified atom stereocenters. The summed E-state index contributed by atoms with van der Waals surface area (Å²) in [5, 5.41) is 34.0. The van der Waals surface area contributed by atoms with Gasteiger partial charge in [0, 0.05) is 0 Å². The van der Waals surface area contributed by atoms with Crippen molar-refractivity contribution in [1.29, 1.82) is 0 Å². The normalized spacial score (nSPS) is 15.5. The summed E-state index contributed by atoms with van der Waals surface area (Å²) in [4.78, 5) is 47.7. The number of aliphatic carboxylic acids is 1. The van der Waals surface area contributed by atoms with Crippen molar-refractivity contribution in [2.75, 3.05) is 13.2 Å². The number of carbonyl (C=O) groups excluding carboxylic acids is 3. The first-order valence-corrected chi connectivity index (χ1v) is 9.05. The van der Waals surface area contributed by atoms with Gasteiger partial charge in [-0.25, -0.2) is 4.79 Å². The number of nitrogens with two attached hydrogens (primary N) is 1. The van der Waals surface area contributed by atoms with Crippen molar-refractivity contribution in [2.24, 2.45) is 17.6 Å². The third-order valence-electron chi connectivity index (χ3n) is 3.97. The fourth-order valence-electron chi connectivity index (χ4n) is 2.20. The van der Waals surface area contributed by atoms with Gasteiger partial charge in [0.1, 0.15) is 18.1 Å². The Balaban J connectivity index is 5.17. The second-order valence-electron chi connectivity index (χ2n) is 7.29. The Kier molecular flexibility index (Phi) is 11.3. The van der Waals surface area contributed by atoms with Gasteiger partial charge in [0.15, 0.2) is 0 Å². The van der Waals surface area contributed by atoms with Gasteiger partial charge in [-0.1, -0.05) is 27.7 Å². The van der Waals surface area contributed by atoms with Crippen LogP contribution in [0.25, 0.3) is 0 Å². The van der Waals surface area contributed by atoms with Crippen molar-refractivity contribution in [3.05, 3.63) is 0 Å².